The fourth-order valence-corrected chi connectivity index (χ4v) is 1.64. The van der Waals surface area contributed by atoms with E-state index >= 15 is 0 Å². The lowest BCUT2D eigenvalue weighted by Gasteiger charge is -2.22. The Bertz CT molecular complexity index is 516. The third-order valence-corrected chi connectivity index (χ3v) is 2.65. The fourth-order valence-electron chi connectivity index (χ4n) is 1.64. The van der Waals surface area contributed by atoms with E-state index in [2.05, 4.69) is 5.32 Å². The summed E-state index contributed by atoms with van der Waals surface area (Å²) in [6, 6.07) is 4.05. The van der Waals surface area contributed by atoms with Gasteiger partial charge < -0.3 is 20.4 Å². The van der Waals surface area contributed by atoms with Crippen molar-refractivity contribution in [1.29, 1.82) is 0 Å². The average Bonchev–Trinajstić information content (AvgIpc) is 2.37. The van der Waals surface area contributed by atoms with Crippen molar-refractivity contribution >= 4 is 18.0 Å². The number of urea groups is 1. The molecule has 0 aliphatic carbocycles. The maximum atomic E-state index is 12.8. The van der Waals surface area contributed by atoms with Crippen molar-refractivity contribution in [2.24, 2.45) is 0 Å². The Morgan fingerprint density at radius 1 is 1.14 bits per heavy atom. The molecule has 1 aromatic rings. The highest BCUT2D eigenvalue weighted by atomic mass is 19.1. The Balaban J connectivity index is 2.73. The van der Waals surface area contributed by atoms with E-state index < -0.39 is 42.9 Å². The van der Waals surface area contributed by atoms with Crippen LogP contribution in [0.1, 0.15) is 18.5 Å². The topological polar surface area (TPSA) is 107 Å². The molecule has 1 aromatic carbocycles. The molecule has 1 unspecified atom stereocenters. The summed E-state index contributed by atoms with van der Waals surface area (Å²) in [5.74, 6) is -3.06. The van der Waals surface area contributed by atoms with E-state index in [0.29, 0.717) is 10.5 Å². The first kappa shape index (κ1) is 16.4. The minimum Gasteiger partial charge on any atom is -0.480 e. The number of hydrogen-bond acceptors (Lipinski definition) is 3. The van der Waals surface area contributed by atoms with E-state index in [-0.39, 0.29) is 0 Å². The predicted molar refractivity (Wildman–Crippen MR) is 70.2 cm³/mol. The van der Waals surface area contributed by atoms with Crippen LogP contribution in [0.25, 0.3) is 0 Å². The van der Waals surface area contributed by atoms with Gasteiger partial charge in [-0.3, -0.25) is 9.59 Å². The van der Waals surface area contributed by atoms with Crippen LogP contribution in [0, 0.1) is 5.82 Å². The van der Waals surface area contributed by atoms with Gasteiger partial charge in [0, 0.05) is 0 Å². The summed E-state index contributed by atoms with van der Waals surface area (Å²) in [5.41, 5.74) is 0.607. The van der Waals surface area contributed by atoms with Gasteiger partial charge in [0.25, 0.3) is 0 Å². The minimum absolute atomic E-state index is 0.421. The molecule has 0 saturated carbocycles. The summed E-state index contributed by atoms with van der Waals surface area (Å²) in [5, 5.41) is 19.8. The summed E-state index contributed by atoms with van der Waals surface area (Å²) in [4.78, 5) is 33.8. The second-order valence-corrected chi connectivity index (χ2v) is 4.37. The largest absolute Gasteiger partial charge is 0.480 e. The SMILES string of the molecule is CC(NC(=O)N(CC(=O)O)CC(=O)O)c1ccc(F)cc1. The number of rotatable bonds is 6. The van der Waals surface area contributed by atoms with Crippen molar-refractivity contribution in [3.05, 3.63) is 35.6 Å². The van der Waals surface area contributed by atoms with Crippen LogP contribution >= 0.6 is 0 Å². The highest BCUT2D eigenvalue weighted by molar-refractivity contribution is 5.84. The molecule has 0 fully saturated rings. The molecule has 21 heavy (non-hydrogen) atoms. The number of aliphatic carboxylic acids is 2. The molecular formula is C13H15FN2O5. The molecule has 114 valence electrons. The zero-order chi connectivity index (χ0) is 16.0. The second-order valence-electron chi connectivity index (χ2n) is 4.37. The molecule has 3 N–H and O–H groups in total. The van der Waals surface area contributed by atoms with Gasteiger partial charge in [-0.15, -0.1) is 0 Å². The Hall–Kier alpha value is -2.64. The lowest BCUT2D eigenvalue weighted by Crippen LogP contribution is -2.45. The van der Waals surface area contributed by atoms with Gasteiger partial charge >= 0.3 is 18.0 Å². The molecule has 0 saturated heterocycles. The van der Waals surface area contributed by atoms with Gasteiger partial charge in [0.1, 0.15) is 18.9 Å². The lowest BCUT2D eigenvalue weighted by molar-refractivity contribution is -0.140. The summed E-state index contributed by atoms with van der Waals surface area (Å²) >= 11 is 0. The highest BCUT2D eigenvalue weighted by Gasteiger charge is 2.21. The van der Waals surface area contributed by atoms with Gasteiger partial charge in [-0.1, -0.05) is 12.1 Å². The van der Waals surface area contributed by atoms with Crippen LogP contribution in [0.2, 0.25) is 0 Å². The van der Waals surface area contributed by atoms with Gasteiger partial charge in [-0.2, -0.15) is 0 Å². The number of benzene rings is 1. The number of carboxylic acids is 2. The van der Waals surface area contributed by atoms with Crippen LogP contribution in [-0.4, -0.2) is 46.2 Å². The first-order valence-corrected chi connectivity index (χ1v) is 6.04. The third-order valence-electron chi connectivity index (χ3n) is 2.65. The first-order chi connectivity index (χ1) is 9.79. The quantitative estimate of drug-likeness (QED) is 0.728. The third kappa shape index (κ3) is 5.47. The molecule has 2 amide bonds. The Morgan fingerprint density at radius 3 is 2.05 bits per heavy atom. The van der Waals surface area contributed by atoms with Crippen molar-refractivity contribution in [3.63, 3.8) is 0 Å². The second kappa shape index (κ2) is 7.22. The molecule has 0 radical (unpaired) electrons. The van der Waals surface area contributed by atoms with Gasteiger partial charge in [-0.25, -0.2) is 9.18 Å². The van der Waals surface area contributed by atoms with Crippen LogP contribution in [-0.2, 0) is 9.59 Å². The lowest BCUT2D eigenvalue weighted by atomic mass is 10.1. The molecule has 0 aromatic heterocycles. The maximum absolute atomic E-state index is 12.8. The van der Waals surface area contributed by atoms with Crippen molar-refractivity contribution in [2.45, 2.75) is 13.0 Å². The Kier molecular flexibility index (Phi) is 5.65. The van der Waals surface area contributed by atoms with Crippen LogP contribution in [0.3, 0.4) is 0 Å². The maximum Gasteiger partial charge on any atom is 0.323 e. The molecule has 0 heterocycles. The van der Waals surface area contributed by atoms with Gasteiger partial charge in [0.15, 0.2) is 0 Å². The predicted octanol–water partition coefficient (Wildman–Crippen LogP) is 1.07. The van der Waals surface area contributed by atoms with E-state index in [9.17, 15) is 18.8 Å². The van der Waals surface area contributed by atoms with E-state index in [0.717, 1.165) is 0 Å². The van der Waals surface area contributed by atoms with Gasteiger partial charge in [0.05, 0.1) is 6.04 Å². The van der Waals surface area contributed by atoms with Crippen molar-refractivity contribution in [2.75, 3.05) is 13.1 Å². The number of carboxylic acid groups (broad SMARTS) is 2. The standard InChI is InChI=1S/C13H15FN2O5/c1-8(9-2-4-10(14)5-3-9)15-13(21)16(6-11(17)18)7-12(19)20/h2-5,8H,6-7H2,1H3,(H,15,21)(H,17,18)(H,19,20). The zero-order valence-corrected chi connectivity index (χ0v) is 11.2. The average molecular weight is 298 g/mol. The zero-order valence-electron chi connectivity index (χ0n) is 11.2. The Labute approximate surface area is 120 Å². The highest BCUT2D eigenvalue weighted by Crippen LogP contribution is 2.13. The number of nitrogens with one attached hydrogen (secondary N) is 1. The summed E-state index contributed by atoms with van der Waals surface area (Å²) in [7, 11) is 0. The van der Waals surface area contributed by atoms with Crippen LogP contribution in [0.5, 0.6) is 0 Å². The monoisotopic (exact) mass is 298 g/mol. The fraction of sp³-hybridized carbons (Fsp3) is 0.308. The van der Waals surface area contributed by atoms with Crippen molar-refractivity contribution < 1.29 is 29.0 Å². The first-order valence-electron chi connectivity index (χ1n) is 6.04. The molecule has 1 atom stereocenters. The molecule has 0 spiro atoms. The molecule has 1 rings (SSSR count). The number of carbonyl (C=O) groups excluding carboxylic acids is 1. The normalized spacial score (nSPS) is 11.5. The molecule has 7 nitrogen and oxygen atoms in total. The smallest absolute Gasteiger partial charge is 0.323 e. The molecule has 0 bridgehead atoms. The van der Waals surface area contributed by atoms with Crippen LogP contribution < -0.4 is 5.32 Å². The van der Waals surface area contributed by atoms with Crippen molar-refractivity contribution in [1.82, 2.24) is 10.2 Å². The number of carbonyl (C=O) groups is 3. The van der Waals surface area contributed by atoms with Crippen LogP contribution in [0.4, 0.5) is 9.18 Å². The van der Waals surface area contributed by atoms with E-state index in [1.807, 2.05) is 0 Å². The summed E-state index contributed by atoms with van der Waals surface area (Å²) in [6.45, 7) is 0.160. The number of halogens is 1. The van der Waals surface area contributed by atoms with E-state index in [1.165, 1.54) is 24.3 Å². The van der Waals surface area contributed by atoms with E-state index in [1.54, 1.807) is 6.92 Å². The van der Waals surface area contributed by atoms with Crippen molar-refractivity contribution in [3.8, 4) is 0 Å². The van der Waals surface area contributed by atoms with E-state index in [4.69, 9.17) is 10.2 Å². The van der Waals surface area contributed by atoms with Crippen LogP contribution in [0.15, 0.2) is 24.3 Å². The molecular weight excluding hydrogens is 283 g/mol. The van der Waals surface area contributed by atoms with Gasteiger partial charge in [-0.05, 0) is 24.6 Å². The van der Waals surface area contributed by atoms with Gasteiger partial charge in [0.2, 0.25) is 0 Å². The number of amides is 2. The number of nitrogens with zero attached hydrogens (tertiary/aromatic N) is 1. The minimum atomic E-state index is -1.32. The summed E-state index contributed by atoms with van der Waals surface area (Å²) in [6.07, 6.45) is 0. The Morgan fingerprint density at radius 2 is 1.62 bits per heavy atom. The molecule has 0 aliphatic heterocycles. The molecule has 8 heteroatoms. The summed E-state index contributed by atoms with van der Waals surface area (Å²) < 4.78 is 12.8. The number of hydrogen-bond donors (Lipinski definition) is 3. The molecule has 0 aliphatic rings.